The summed E-state index contributed by atoms with van der Waals surface area (Å²) in [6.07, 6.45) is 2.55. The van der Waals surface area contributed by atoms with E-state index in [0.717, 1.165) is 18.5 Å². The predicted octanol–water partition coefficient (Wildman–Crippen LogP) is 2.99. The maximum Gasteiger partial charge on any atom is 0.123 e. The number of hydrogen-bond acceptors (Lipinski definition) is 2. The summed E-state index contributed by atoms with van der Waals surface area (Å²) in [6.45, 7) is 5.73. The van der Waals surface area contributed by atoms with Crippen LogP contribution in [-0.4, -0.2) is 30.6 Å². The minimum atomic E-state index is -0.148. The molecule has 0 radical (unpaired) electrons. The van der Waals surface area contributed by atoms with Gasteiger partial charge in [-0.25, -0.2) is 4.39 Å². The van der Waals surface area contributed by atoms with Crippen molar-refractivity contribution in [3.05, 3.63) is 35.6 Å². The van der Waals surface area contributed by atoms with Crippen LogP contribution in [0.25, 0.3) is 0 Å². The SMILES string of the molecule is CC(c1ccc(F)cc1)N1CCC2NCCC2C1.Cl. The zero-order chi connectivity index (χ0) is 12.5. The summed E-state index contributed by atoms with van der Waals surface area (Å²) in [5.74, 6) is 0.659. The molecule has 3 unspecified atom stereocenters. The second-order valence-electron chi connectivity index (χ2n) is 5.62. The highest BCUT2D eigenvalue weighted by Crippen LogP contribution is 2.30. The van der Waals surface area contributed by atoms with E-state index in [1.165, 1.54) is 31.5 Å². The molecule has 1 N–H and O–H groups in total. The molecule has 106 valence electrons. The van der Waals surface area contributed by atoms with Crippen LogP contribution in [0.2, 0.25) is 0 Å². The maximum absolute atomic E-state index is 12.9. The van der Waals surface area contributed by atoms with Crippen LogP contribution in [0.4, 0.5) is 4.39 Å². The highest BCUT2D eigenvalue weighted by atomic mass is 35.5. The standard InChI is InChI=1S/C15H21FN2.ClH/c1-11(12-2-4-14(16)5-3-12)18-9-7-15-13(10-18)6-8-17-15;/h2-5,11,13,15,17H,6-10H2,1H3;1H. The highest BCUT2D eigenvalue weighted by Gasteiger charge is 2.34. The molecule has 2 nitrogen and oxygen atoms in total. The topological polar surface area (TPSA) is 15.3 Å². The van der Waals surface area contributed by atoms with Crippen LogP contribution < -0.4 is 5.32 Å². The van der Waals surface area contributed by atoms with Crippen molar-refractivity contribution >= 4 is 12.4 Å². The van der Waals surface area contributed by atoms with Gasteiger partial charge in [0.2, 0.25) is 0 Å². The van der Waals surface area contributed by atoms with Gasteiger partial charge in [0.25, 0.3) is 0 Å². The van der Waals surface area contributed by atoms with Crippen LogP contribution >= 0.6 is 12.4 Å². The summed E-state index contributed by atoms with van der Waals surface area (Å²) >= 11 is 0. The van der Waals surface area contributed by atoms with Crippen molar-refractivity contribution in [2.24, 2.45) is 5.92 Å². The quantitative estimate of drug-likeness (QED) is 0.898. The van der Waals surface area contributed by atoms with E-state index >= 15 is 0 Å². The van der Waals surface area contributed by atoms with Crippen LogP contribution in [0.1, 0.15) is 31.4 Å². The summed E-state index contributed by atoms with van der Waals surface area (Å²) < 4.78 is 12.9. The molecule has 2 aliphatic rings. The Bertz CT molecular complexity index is 409. The van der Waals surface area contributed by atoms with Gasteiger partial charge in [-0.1, -0.05) is 12.1 Å². The van der Waals surface area contributed by atoms with Crippen molar-refractivity contribution in [3.8, 4) is 0 Å². The fourth-order valence-corrected chi connectivity index (χ4v) is 3.38. The Hall–Kier alpha value is -0.640. The molecule has 3 rings (SSSR count). The van der Waals surface area contributed by atoms with Crippen LogP contribution in [0, 0.1) is 11.7 Å². The van der Waals surface area contributed by atoms with E-state index < -0.39 is 0 Å². The van der Waals surface area contributed by atoms with E-state index in [1.807, 2.05) is 12.1 Å². The molecule has 0 aromatic heterocycles. The Balaban J connectivity index is 0.00000133. The molecule has 4 heteroatoms. The van der Waals surface area contributed by atoms with E-state index in [1.54, 1.807) is 12.1 Å². The first-order chi connectivity index (χ1) is 8.74. The summed E-state index contributed by atoms with van der Waals surface area (Å²) in [5, 5.41) is 3.59. The lowest BCUT2D eigenvalue weighted by Crippen LogP contribution is -2.45. The van der Waals surface area contributed by atoms with Gasteiger partial charge in [-0.15, -0.1) is 12.4 Å². The molecule has 2 heterocycles. The van der Waals surface area contributed by atoms with Gasteiger partial charge >= 0.3 is 0 Å². The molecule has 0 aliphatic carbocycles. The molecule has 1 aromatic rings. The number of hydrogen-bond donors (Lipinski definition) is 1. The molecule has 0 bridgehead atoms. The summed E-state index contributed by atoms with van der Waals surface area (Å²) in [7, 11) is 0. The third kappa shape index (κ3) is 3.10. The van der Waals surface area contributed by atoms with Gasteiger partial charge in [-0.3, -0.25) is 4.90 Å². The van der Waals surface area contributed by atoms with Crippen LogP contribution in [0.5, 0.6) is 0 Å². The molecular weight excluding hydrogens is 263 g/mol. The lowest BCUT2D eigenvalue weighted by atomic mass is 9.91. The first-order valence-corrected chi connectivity index (χ1v) is 6.97. The molecule has 19 heavy (non-hydrogen) atoms. The lowest BCUT2D eigenvalue weighted by molar-refractivity contribution is 0.122. The number of likely N-dealkylation sites (tertiary alicyclic amines) is 1. The van der Waals surface area contributed by atoms with Gasteiger partial charge in [0.1, 0.15) is 5.82 Å². The van der Waals surface area contributed by atoms with Crippen molar-refractivity contribution in [2.45, 2.75) is 31.8 Å². The second-order valence-corrected chi connectivity index (χ2v) is 5.62. The van der Waals surface area contributed by atoms with Crippen LogP contribution in [0.15, 0.2) is 24.3 Å². The number of halogens is 2. The number of piperidine rings is 1. The van der Waals surface area contributed by atoms with Gasteiger partial charge in [0.05, 0.1) is 0 Å². The third-order valence-electron chi connectivity index (χ3n) is 4.59. The van der Waals surface area contributed by atoms with Crippen molar-refractivity contribution in [1.29, 1.82) is 0 Å². The zero-order valence-corrected chi connectivity index (χ0v) is 12.1. The molecule has 2 saturated heterocycles. The number of nitrogens with zero attached hydrogens (tertiary/aromatic N) is 1. The van der Waals surface area contributed by atoms with E-state index in [9.17, 15) is 4.39 Å². The first kappa shape index (κ1) is 14.8. The molecule has 1 aromatic carbocycles. The molecule has 2 fully saturated rings. The Morgan fingerprint density at radius 3 is 2.74 bits per heavy atom. The van der Waals surface area contributed by atoms with Crippen LogP contribution in [-0.2, 0) is 0 Å². The first-order valence-electron chi connectivity index (χ1n) is 6.97. The van der Waals surface area contributed by atoms with Gasteiger partial charge in [0.15, 0.2) is 0 Å². The minimum absolute atomic E-state index is 0. The average molecular weight is 285 g/mol. The van der Waals surface area contributed by atoms with E-state index in [-0.39, 0.29) is 18.2 Å². The minimum Gasteiger partial charge on any atom is -0.314 e. The fraction of sp³-hybridized carbons (Fsp3) is 0.600. The molecule has 3 atom stereocenters. The second kappa shape index (κ2) is 6.21. The summed E-state index contributed by atoms with van der Waals surface area (Å²) in [5.41, 5.74) is 1.22. The molecule has 0 saturated carbocycles. The number of rotatable bonds is 2. The van der Waals surface area contributed by atoms with E-state index in [0.29, 0.717) is 6.04 Å². The number of nitrogens with one attached hydrogen (secondary N) is 1. The predicted molar refractivity (Wildman–Crippen MR) is 78.2 cm³/mol. The Morgan fingerprint density at radius 1 is 1.26 bits per heavy atom. The van der Waals surface area contributed by atoms with Crippen molar-refractivity contribution in [1.82, 2.24) is 10.2 Å². The van der Waals surface area contributed by atoms with Gasteiger partial charge in [0, 0.05) is 25.2 Å². The third-order valence-corrected chi connectivity index (χ3v) is 4.59. The van der Waals surface area contributed by atoms with Gasteiger partial charge in [-0.05, 0) is 49.9 Å². The zero-order valence-electron chi connectivity index (χ0n) is 11.3. The van der Waals surface area contributed by atoms with Crippen molar-refractivity contribution in [3.63, 3.8) is 0 Å². The Morgan fingerprint density at radius 2 is 2.00 bits per heavy atom. The smallest absolute Gasteiger partial charge is 0.123 e. The summed E-state index contributed by atoms with van der Waals surface area (Å²) in [6, 6.07) is 8.09. The molecule has 2 aliphatic heterocycles. The van der Waals surface area contributed by atoms with Gasteiger partial charge < -0.3 is 5.32 Å². The molecule has 0 amide bonds. The number of benzene rings is 1. The average Bonchev–Trinajstić information content (AvgIpc) is 2.86. The van der Waals surface area contributed by atoms with Crippen molar-refractivity contribution in [2.75, 3.05) is 19.6 Å². The normalized spacial score (nSPS) is 28.5. The monoisotopic (exact) mass is 284 g/mol. The Labute approximate surface area is 120 Å². The van der Waals surface area contributed by atoms with Gasteiger partial charge in [-0.2, -0.15) is 0 Å². The highest BCUT2D eigenvalue weighted by molar-refractivity contribution is 5.85. The summed E-state index contributed by atoms with van der Waals surface area (Å²) in [4.78, 5) is 2.54. The Kier molecular flexibility index (Phi) is 4.82. The van der Waals surface area contributed by atoms with E-state index in [4.69, 9.17) is 0 Å². The fourth-order valence-electron chi connectivity index (χ4n) is 3.38. The van der Waals surface area contributed by atoms with E-state index in [2.05, 4.69) is 17.1 Å². The number of fused-ring (bicyclic) bond motifs is 1. The largest absolute Gasteiger partial charge is 0.314 e. The van der Waals surface area contributed by atoms with Crippen molar-refractivity contribution < 1.29 is 4.39 Å². The molecular formula is C15H22ClFN2. The lowest BCUT2D eigenvalue weighted by Gasteiger charge is -2.38. The molecule has 0 spiro atoms. The maximum atomic E-state index is 12.9. The van der Waals surface area contributed by atoms with Crippen LogP contribution in [0.3, 0.4) is 0 Å².